The summed E-state index contributed by atoms with van der Waals surface area (Å²) in [6, 6.07) is 6.55. The van der Waals surface area contributed by atoms with Crippen LogP contribution in [-0.2, 0) is 0 Å². The molecule has 0 aliphatic carbocycles. The second kappa shape index (κ2) is 3.75. The van der Waals surface area contributed by atoms with Crippen LogP contribution in [-0.4, -0.2) is 12.1 Å². The van der Waals surface area contributed by atoms with Gasteiger partial charge in [-0.1, -0.05) is 23.5 Å². The van der Waals surface area contributed by atoms with Crippen LogP contribution in [0.5, 0.6) is 5.19 Å². The fourth-order valence-electron chi connectivity index (χ4n) is 1.14. The number of hydrogen-bond acceptors (Lipinski definition) is 3. The van der Waals surface area contributed by atoms with Gasteiger partial charge in [0.2, 0.25) is 0 Å². The molecule has 2 aromatic rings. The molecule has 0 bridgehead atoms. The van der Waals surface area contributed by atoms with Gasteiger partial charge in [-0.2, -0.15) is 0 Å². The van der Waals surface area contributed by atoms with Crippen molar-refractivity contribution in [2.45, 2.75) is 0 Å². The largest absolute Gasteiger partial charge is 0.473 e. The third-order valence-electron chi connectivity index (χ3n) is 1.81. The lowest BCUT2D eigenvalue weighted by atomic mass is 10.2. The molecule has 4 heteroatoms. The van der Waals surface area contributed by atoms with Gasteiger partial charge in [-0.25, -0.2) is 9.37 Å². The molecule has 0 amide bonds. The van der Waals surface area contributed by atoms with Gasteiger partial charge in [0, 0.05) is 10.9 Å². The van der Waals surface area contributed by atoms with Crippen molar-refractivity contribution >= 4 is 11.3 Å². The van der Waals surface area contributed by atoms with Crippen LogP contribution in [0.4, 0.5) is 4.39 Å². The topological polar surface area (TPSA) is 22.1 Å². The molecule has 0 aliphatic rings. The van der Waals surface area contributed by atoms with Gasteiger partial charge in [-0.05, 0) is 12.1 Å². The Morgan fingerprint density at radius 2 is 2.14 bits per heavy atom. The van der Waals surface area contributed by atoms with Crippen molar-refractivity contribution in [1.29, 1.82) is 0 Å². The minimum absolute atomic E-state index is 0.263. The maximum Gasteiger partial charge on any atom is 0.273 e. The van der Waals surface area contributed by atoms with Crippen molar-refractivity contribution in [1.82, 2.24) is 4.98 Å². The average Bonchev–Trinajstić information content (AvgIpc) is 2.67. The van der Waals surface area contributed by atoms with E-state index in [2.05, 4.69) is 4.98 Å². The Balaban J connectivity index is 2.44. The van der Waals surface area contributed by atoms with Crippen molar-refractivity contribution in [3.63, 3.8) is 0 Å². The first-order valence-electron chi connectivity index (χ1n) is 4.05. The maximum absolute atomic E-state index is 13.3. The molecule has 1 heterocycles. The highest BCUT2D eigenvalue weighted by molar-refractivity contribution is 7.11. The van der Waals surface area contributed by atoms with Crippen molar-refractivity contribution < 1.29 is 9.13 Å². The molecule has 0 aliphatic heterocycles. The van der Waals surface area contributed by atoms with Gasteiger partial charge < -0.3 is 4.74 Å². The molecule has 0 fully saturated rings. The molecular formula is C10H8FNOS. The predicted octanol–water partition coefficient (Wildman–Crippen LogP) is 2.96. The zero-order valence-electron chi connectivity index (χ0n) is 7.53. The number of ether oxygens (including phenoxy) is 1. The number of halogens is 1. The summed E-state index contributed by atoms with van der Waals surface area (Å²) in [5.41, 5.74) is 1.12. The first kappa shape index (κ1) is 9.15. The Kier molecular flexibility index (Phi) is 2.45. The molecule has 0 saturated heterocycles. The highest BCUT2D eigenvalue weighted by atomic mass is 32.1. The van der Waals surface area contributed by atoms with E-state index in [9.17, 15) is 4.39 Å². The fourth-order valence-corrected chi connectivity index (χ4v) is 1.78. The van der Waals surface area contributed by atoms with E-state index < -0.39 is 0 Å². The van der Waals surface area contributed by atoms with Crippen molar-refractivity contribution in [3.8, 4) is 16.5 Å². The Hall–Kier alpha value is -1.42. The van der Waals surface area contributed by atoms with E-state index in [1.54, 1.807) is 30.7 Å². The normalized spacial score (nSPS) is 10.1. The van der Waals surface area contributed by atoms with Crippen molar-refractivity contribution in [3.05, 3.63) is 35.5 Å². The zero-order valence-corrected chi connectivity index (χ0v) is 8.34. The van der Waals surface area contributed by atoms with Gasteiger partial charge in [-0.15, -0.1) is 0 Å². The van der Waals surface area contributed by atoms with Gasteiger partial charge in [0.1, 0.15) is 5.82 Å². The lowest BCUT2D eigenvalue weighted by Crippen LogP contribution is -1.84. The summed E-state index contributed by atoms with van der Waals surface area (Å²) in [4.78, 5) is 4.12. The van der Waals surface area contributed by atoms with Crippen LogP contribution in [0.1, 0.15) is 0 Å². The van der Waals surface area contributed by atoms with E-state index >= 15 is 0 Å². The second-order valence-electron chi connectivity index (χ2n) is 2.68. The summed E-state index contributed by atoms with van der Waals surface area (Å²) in [6.45, 7) is 0. The zero-order chi connectivity index (χ0) is 9.97. The lowest BCUT2D eigenvalue weighted by Gasteiger charge is -1.97. The van der Waals surface area contributed by atoms with Gasteiger partial charge in [0.25, 0.3) is 5.19 Å². The number of methoxy groups -OCH3 is 1. The minimum atomic E-state index is -0.263. The first-order chi connectivity index (χ1) is 6.81. The van der Waals surface area contributed by atoms with Gasteiger partial charge in [0.05, 0.1) is 12.8 Å². The molecule has 0 radical (unpaired) electrons. The predicted molar refractivity (Wildman–Crippen MR) is 54.1 cm³/mol. The van der Waals surface area contributed by atoms with Crippen molar-refractivity contribution in [2.75, 3.05) is 7.11 Å². The SMILES string of the molecule is COc1nc(-c2ccccc2F)cs1. The van der Waals surface area contributed by atoms with Crippen molar-refractivity contribution in [2.24, 2.45) is 0 Å². The Morgan fingerprint density at radius 1 is 1.36 bits per heavy atom. The van der Waals surface area contributed by atoms with E-state index in [0.29, 0.717) is 16.5 Å². The molecule has 14 heavy (non-hydrogen) atoms. The molecular weight excluding hydrogens is 201 g/mol. The monoisotopic (exact) mass is 209 g/mol. The summed E-state index contributed by atoms with van der Waals surface area (Å²) in [5.74, 6) is -0.263. The first-order valence-corrected chi connectivity index (χ1v) is 4.93. The van der Waals surface area contributed by atoms with Gasteiger partial charge >= 0.3 is 0 Å². The van der Waals surface area contributed by atoms with E-state index in [1.165, 1.54) is 17.4 Å². The lowest BCUT2D eigenvalue weighted by molar-refractivity contribution is 0.412. The van der Waals surface area contributed by atoms with Crippen LogP contribution in [0, 0.1) is 5.82 Å². The quantitative estimate of drug-likeness (QED) is 0.758. The highest BCUT2D eigenvalue weighted by Crippen LogP contribution is 2.27. The van der Waals surface area contributed by atoms with E-state index in [0.717, 1.165) is 0 Å². The molecule has 0 N–H and O–H groups in total. The summed E-state index contributed by atoms with van der Waals surface area (Å²) >= 11 is 1.35. The summed E-state index contributed by atoms with van der Waals surface area (Å²) in [5, 5.41) is 2.32. The van der Waals surface area contributed by atoms with Crippen LogP contribution in [0.3, 0.4) is 0 Å². The summed E-state index contributed by atoms with van der Waals surface area (Å²) in [7, 11) is 1.55. The van der Waals surface area contributed by atoms with E-state index in [-0.39, 0.29) is 5.82 Å². The number of rotatable bonds is 2. The average molecular weight is 209 g/mol. The van der Waals surface area contributed by atoms with Crippen LogP contribution in [0.2, 0.25) is 0 Å². The van der Waals surface area contributed by atoms with Crippen LogP contribution in [0.25, 0.3) is 11.3 Å². The Bertz CT molecular complexity index is 441. The standard InChI is InChI=1S/C10H8FNOS/c1-13-10-12-9(6-14-10)7-4-2-3-5-8(7)11/h2-6H,1H3. The Morgan fingerprint density at radius 3 is 2.79 bits per heavy atom. The second-order valence-corrected chi connectivity index (χ2v) is 3.50. The molecule has 1 aromatic heterocycles. The number of thiazole rings is 1. The summed E-state index contributed by atoms with van der Waals surface area (Å²) < 4.78 is 18.3. The number of nitrogens with zero attached hydrogens (tertiary/aromatic N) is 1. The van der Waals surface area contributed by atoms with E-state index in [4.69, 9.17) is 4.74 Å². The smallest absolute Gasteiger partial charge is 0.273 e. The minimum Gasteiger partial charge on any atom is -0.473 e. The van der Waals surface area contributed by atoms with Crippen LogP contribution < -0.4 is 4.74 Å². The Labute approximate surface area is 85.0 Å². The van der Waals surface area contributed by atoms with Crippen LogP contribution in [0.15, 0.2) is 29.6 Å². The third kappa shape index (κ3) is 1.61. The third-order valence-corrected chi connectivity index (χ3v) is 2.61. The van der Waals surface area contributed by atoms with E-state index in [1.807, 2.05) is 0 Å². The fraction of sp³-hybridized carbons (Fsp3) is 0.100. The molecule has 2 nitrogen and oxygen atoms in total. The molecule has 2 rings (SSSR count). The molecule has 1 aromatic carbocycles. The van der Waals surface area contributed by atoms with Gasteiger partial charge in [-0.3, -0.25) is 0 Å². The molecule has 0 spiro atoms. The summed E-state index contributed by atoms with van der Waals surface area (Å²) in [6.07, 6.45) is 0. The molecule has 0 atom stereocenters. The highest BCUT2D eigenvalue weighted by Gasteiger charge is 2.08. The van der Waals surface area contributed by atoms with Crippen LogP contribution >= 0.6 is 11.3 Å². The molecule has 0 unspecified atom stereocenters. The molecule has 0 saturated carbocycles. The molecule has 72 valence electrons. The number of aromatic nitrogens is 1. The number of benzene rings is 1. The maximum atomic E-state index is 13.3. The van der Waals surface area contributed by atoms with Gasteiger partial charge in [0.15, 0.2) is 0 Å². The number of hydrogen-bond donors (Lipinski definition) is 0.